The van der Waals surface area contributed by atoms with Gasteiger partial charge in [-0.1, -0.05) is 60.1 Å². The van der Waals surface area contributed by atoms with E-state index in [1.165, 1.54) is 0 Å². The Morgan fingerprint density at radius 1 is 1.08 bits per heavy atom. The number of nitrogens with one attached hydrogen (secondary N) is 2. The number of rotatable bonds is 8. The molecule has 0 saturated heterocycles. The Bertz CT molecular complexity index is 694. The SMILES string of the molecule is CCNC(=NCC(CO)c1ccccc1)NCC(O)c1ccccc1Cl. The summed E-state index contributed by atoms with van der Waals surface area (Å²) >= 11 is 6.12. The largest absolute Gasteiger partial charge is 0.396 e. The molecule has 0 aromatic heterocycles. The molecule has 26 heavy (non-hydrogen) atoms. The van der Waals surface area contributed by atoms with Gasteiger partial charge >= 0.3 is 0 Å². The molecule has 0 aliphatic rings. The first-order chi connectivity index (χ1) is 12.7. The highest BCUT2D eigenvalue weighted by Crippen LogP contribution is 2.21. The van der Waals surface area contributed by atoms with E-state index in [2.05, 4.69) is 15.6 Å². The number of hydrogen-bond donors (Lipinski definition) is 4. The lowest BCUT2D eigenvalue weighted by atomic mass is 10.0. The van der Waals surface area contributed by atoms with E-state index in [0.29, 0.717) is 29.6 Å². The maximum atomic E-state index is 10.4. The van der Waals surface area contributed by atoms with Crippen molar-refractivity contribution in [1.82, 2.24) is 10.6 Å². The van der Waals surface area contributed by atoms with Crippen LogP contribution >= 0.6 is 11.6 Å². The van der Waals surface area contributed by atoms with Gasteiger partial charge in [0.25, 0.3) is 0 Å². The fourth-order valence-corrected chi connectivity index (χ4v) is 2.85. The minimum absolute atomic E-state index is 0.0230. The van der Waals surface area contributed by atoms with E-state index in [1.807, 2.05) is 49.4 Å². The molecule has 0 fully saturated rings. The molecule has 5 nitrogen and oxygen atoms in total. The Morgan fingerprint density at radius 3 is 2.42 bits per heavy atom. The third kappa shape index (κ3) is 6.02. The minimum atomic E-state index is -0.740. The minimum Gasteiger partial charge on any atom is -0.396 e. The third-order valence-electron chi connectivity index (χ3n) is 4.03. The van der Waals surface area contributed by atoms with Crippen LogP contribution in [0.4, 0.5) is 0 Å². The second-order valence-corrected chi connectivity index (χ2v) is 6.34. The van der Waals surface area contributed by atoms with Crippen LogP contribution in [0.15, 0.2) is 59.6 Å². The van der Waals surface area contributed by atoms with Crippen LogP contribution in [0.3, 0.4) is 0 Å². The maximum Gasteiger partial charge on any atom is 0.191 e. The van der Waals surface area contributed by atoms with Gasteiger partial charge in [0.05, 0.1) is 19.3 Å². The normalized spacial score (nSPS) is 13.9. The fraction of sp³-hybridized carbons (Fsp3) is 0.350. The van der Waals surface area contributed by atoms with Gasteiger partial charge in [0.1, 0.15) is 0 Å². The van der Waals surface area contributed by atoms with E-state index in [1.54, 1.807) is 12.1 Å². The van der Waals surface area contributed by atoms with Crippen molar-refractivity contribution >= 4 is 17.6 Å². The lowest BCUT2D eigenvalue weighted by Crippen LogP contribution is -2.39. The van der Waals surface area contributed by atoms with Gasteiger partial charge in [0.2, 0.25) is 0 Å². The number of aliphatic imine (C=N–C) groups is 1. The topological polar surface area (TPSA) is 76.9 Å². The van der Waals surface area contributed by atoms with E-state index >= 15 is 0 Å². The zero-order chi connectivity index (χ0) is 18.8. The molecule has 0 bridgehead atoms. The van der Waals surface area contributed by atoms with E-state index in [0.717, 1.165) is 5.56 Å². The third-order valence-corrected chi connectivity index (χ3v) is 4.38. The van der Waals surface area contributed by atoms with Gasteiger partial charge in [-0.25, -0.2) is 0 Å². The molecule has 0 amide bonds. The van der Waals surface area contributed by atoms with Gasteiger partial charge < -0.3 is 20.8 Å². The van der Waals surface area contributed by atoms with Crippen LogP contribution in [0.1, 0.15) is 30.1 Å². The Balaban J connectivity index is 1.98. The van der Waals surface area contributed by atoms with Crippen molar-refractivity contribution < 1.29 is 10.2 Å². The lowest BCUT2D eigenvalue weighted by molar-refractivity contribution is 0.181. The maximum absolute atomic E-state index is 10.4. The van der Waals surface area contributed by atoms with Gasteiger partial charge in [-0.05, 0) is 18.6 Å². The number of nitrogens with zero attached hydrogens (tertiary/aromatic N) is 1. The molecular weight excluding hydrogens is 350 g/mol. The smallest absolute Gasteiger partial charge is 0.191 e. The fourth-order valence-electron chi connectivity index (χ4n) is 2.59. The van der Waals surface area contributed by atoms with Crippen molar-refractivity contribution in [2.24, 2.45) is 4.99 Å². The summed E-state index contributed by atoms with van der Waals surface area (Å²) < 4.78 is 0. The lowest BCUT2D eigenvalue weighted by Gasteiger charge is -2.18. The number of aliphatic hydroxyl groups excluding tert-OH is 2. The van der Waals surface area contributed by atoms with Crippen LogP contribution in [0.5, 0.6) is 0 Å². The molecule has 2 unspecified atom stereocenters. The predicted molar refractivity (Wildman–Crippen MR) is 107 cm³/mol. The van der Waals surface area contributed by atoms with Crippen LogP contribution in [0, 0.1) is 0 Å². The number of halogens is 1. The van der Waals surface area contributed by atoms with Gasteiger partial charge in [0.15, 0.2) is 5.96 Å². The molecule has 4 N–H and O–H groups in total. The van der Waals surface area contributed by atoms with Gasteiger partial charge in [-0.3, -0.25) is 4.99 Å². The molecule has 2 aromatic carbocycles. The predicted octanol–water partition coefficient (Wildman–Crippen LogP) is 2.70. The highest BCUT2D eigenvalue weighted by molar-refractivity contribution is 6.31. The van der Waals surface area contributed by atoms with E-state index < -0.39 is 6.10 Å². The number of aliphatic hydroxyl groups is 2. The van der Waals surface area contributed by atoms with Crippen LogP contribution in [-0.4, -0.2) is 42.4 Å². The molecule has 2 atom stereocenters. The Hall–Kier alpha value is -2.08. The van der Waals surface area contributed by atoms with Gasteiger partial charge in [0, 0.05) is 29.6 Å². The summed E-state index contributed by atoms with van der Waals surface area (Å²) in [5.41, 5.74) is 1.72. The molecule has 0 radical (unpaired) electrons. The molecule has 0 aliphatic heterocycles. The zero-order valence-electron chi connectivity index (χ0n) is 14.9. The summed E-state index contributed by atoms with van der Waals surface area (Å²) in [6.45, 7) is 3.42. The van der Waals surface area contributed by atoms with Crippen molar-refractivity contribution in [2.75, 3.05) is 26.2 Å². The summed E-state index contributed by atoms with van der Waals surface area (Å²) in [7, 11) is 0. The molecule has 0 aliphatic carbocycles. The number of benzene rings is 2. The van der Waals surface area contributed by atoms with E-state index in [-0.39, 0.29) is 19.1 Å². The van der Waals surface area contributed by atoms with Gasteiger partial charge in [-0.15, -0.1) is 0 Å². The molecular formula is C20H26ClN3O2. The van der Waals surface area contributed by atoms with Crippen molar-refractivity contribution in [3.8, 4) is 0 Å². The van der Waals surface area contributed by atoms with Crippen LogP contribution in [-0.2, 0) is 0 Å². The summed E-state index contributed by atoms with van der Waals surface area (Å²) in [6, 6.07) is 17.0. The first kappa shape index (κ1) is 20.2. The Labute approximate surface area is 159 Å². The van der Waals surface area contributed by atoms with Crippen molar-refractivity contribution in [3.63, 3.8) is 0 Å². The second kappa shape index (κ2) is 10.8. The monoisotopic (exact) mass is 375 g/mol. The Kier molecular flexibility index (Phi) is 8.41. The molecule has 2 rings (SSSR count). The molecule has 0 saturated carbocycles. The number of guanidine groups is 1. The average molecular weight is 376 g/mol. The van der Waals surface area contributed by atoms with E-state index in [9.17, 15) is 10.2 Å². The van der Waals surface area contributed by atoms with E-state index in [4.69, 9.17) is 11.6 Å². The number of hydrogen-bond acceptors (Lipinski definition) is 3. The first-order valence-electron chi connectivity index (χ1n) is 8.76. The zero-order valence-corrected chi connectivity index (χ0v) is 15.7. The molecule has 2 aromatic rings. The van der Waals surface area contributed by atoms with Gasteiger partial charge in [-0.2, -0.15) is 0 Å². The quantitative estimate of drug-likeness (QED) is 0.422. The van der Waals surface area contributed by atoms with Crippen molar-refractivity contribution in [3.05, 3.63) is 70.7 Å². The van der Waals surface area contributed by atoms with Crippen LogP contribution in [0.2, 0.25) is 5.02 Å². The molecule has 0 spiro atoms. The highest BCUT2D eigenvalue weighted by atomic mass is 35.5. The second-order valence-electron chi connectivity index (χ2n) is 5.93. The Morgan fingerprint density at radius 2 is 1.77 bits per heavy atom. The summed E-state index contributed by atoms with van der Waals surface area (Å²) in [4.78, 5) is 4.54. The molecule has 140 valence electrons. The molecule has 0 heterocycles. The standard InChI is InChI=1S/C20H26ClN3O2/c1-2-22-20(23-12-16(14-25)15-8-4-3-5-9-15)24-13-19(26)17-10-6-7-11-18(17)21/h3-11,16,19,25-26H,2,12-14H2,1H3,(H2,22,23,24). The van der Waals surface area contributed by atoms with Crippen molar-refractivity contribution in [1.29, 1.82) is 0 Å². The van der Waals surface area contributed by atoms with Crippen molar-refractivity contribution in [2.45, 2.75) is 18.9 Å². The summed E-state index contributed by atoms with van der Waals surface area (Å²) in [6.07, 6.45) is -0.740. The van der Waals surface area contributed by atoms with Crippen LogP contribution in [0.25, 0.3) is 0 Å². The molecule has 6 heteroatoms. The average Bonchev–Trinajstić information content (AvgIpc) is 2.67. The highest BCUT2D eigenvalue weighted by Gasteiger charge is 2.13. The van der Waals surface area contributed by atoms with Crippen LogP contribution < -0.4 is 10.6 Å². The summed E-state index contributed by atoms with van der Waals surface area (Å²) in [5, 5.41) is 26.8. The summed E-state index contributed by atoms with van der Waals surface area (Å²) in [5.74, 6) is 0.521. The first-order valence-corrected chi connectivity index (χ1v) is 9.14.